The standard InChI is InChI=1S/C9H16F6N2O4S2/c10-8(11,12)22(18,19)16-6-4-2-1-3-5-7-17-23(20,21)9(13,14)15/h16-17H,1-7H2. The van der Waals surface area contributed by atoms with Crippen LogP contribution in [0.15, 0.2) is 0 Å². The maximum Gasteiger partial charge on any atom is 0.511 e. The second kappa shape index (κ2) is 8.48. The Labute approximate surface area is 129 Å². The van der Waals surface area contributed by atoms with Crippen molar-refractivity contribution in [1.29, 1.82) is 0 Å². The van der Waals surface area contributed by atoms with Crippen molar-refractivity contribution in [2.45, 2.75) is 43.1 Å². The van der Waals surface area contributed by atoms with Gasteiger partial charge in [-0.3, -0.25) is 0 Å². The van der Waals surface area contributed by atoms with Gasteiger partial charge in [-0.25, -0.2) is 26.3 Å². The molecule has 0 aliphatic carbocycles. The van der Waals surface area contributed by atoms with E-state index in [1.54, 1.807) is 0 Å². The Balaban J connectivity index is 3.74. The van der Waals surface area contributed by atoms with Crippen LogP contribution in [0.25, 0.3) is 0 Å². The van der Waals surface area contributed by atoms with E-state index in [1.807, 2.05) is 0 Å². The summed E-state index contributed by atoms with van der Waals surface area (Å²) in [6.07, 6.45) is 1.31. The van der Waals surface area contributed by atoms with E-state index in [0.717, 1.165) is 0 Å². The average molecular weight is 394 g/mol. The molecule has 0 radical (unpaired) electrons. The fourth-order valence-electron chi connectivity index (χ4n) is 1.36. The van der Waals surface area contributed by atoms with Gasteiger partial charge in [0.1, 0.15) is 0 Å². The Hall–Kier alpha value is -0.600. The minimum absolute atomic E-state index is 0.115. The number of hydrogen-bond acceptors (Lipinski definition) is 4. The summed E-state index contributed by atoms with van der Waals surface area (Å²) in [5.41, 5.74) is -10.7. The highest BCUT2D eigenvalue weighted by atomic mass is 32.2. The van der Waals surface area contributed by atoms with E-state index < -0.39 is 44.2 Å². The van der Waals surface area contributed by atoms with Gasteiger partial charge in [0.25, 0.3) is 0 Å². The second-order valence-electron chi connectivity index (χ2n) is 4.45. The summed E-state index contributed by atoms with van der Waals surface area (Å²) in [5, 5.41) is 0. The fourth-order valence-corrected chi connectivity index (χ4v) is 2.51. The SMILES string of the molecule is O=S(=O)(NCCCCCCCNS(=O)(=O)C(F)(F)F)C(F)(F)F. The molecule has 0 bridgehead atoms. The van der Waals surface area contributed by atoms with Crippen LogP contribution in [-0.2, 0) is 20.0 Å². The summed E-state index contributed by atoms with van der Waals surface area (Å²) < 4.78 is 117. The van der Waals surface area contributed by atoms with Crippen LogP contribution in [0.1, 0.15) is 32.1 Å². The highest BCUT2D eigenvalue weighted by molar-refractivity contribution is 7.90. The first-order chi connectivity index (χ1) is 10.2. The molecule has 0 heterocycles. The van der Waals surface area contributed by atoms with Gasteiger partial charge in [0.05, 0.1) is 0 Å². The lowest BCUT2D eigenvalue weighted by molar-refractivity contribution is -0.0453. The zero-order valence-electron chi connectivity index (χ0n) is 11.7. The number of sulfonamides is 2. The molecule has 0 rings (SSSR count). The van der Waals surface area contributed by atoms with Crippen LogP contribution >= 0.6 is 0 Å². The van der Waals surface area contributed by atoms with Crippen LogP contribution in [0.5, 0.6) is 0 Å². The first-order valence-electron chi connectivity index (χ1n) is 6.32. The molecule has 0 saturated carbocycles. The van der Waals surface area contributed by atoms with E-state index in [9.17, 15) is 43.2 Å². The third-order valence-corrected chi connectivity index (χ3v) is 4.93. The van der Waals surface area contributed by atoms with Crippen molar-refractivity contribution in [3.8, 4) is 0 Å². The van der Waals surface area contributed by atoms with Crippen molar-refractivity contribution in [3.05, 3.63) is 0 Å². The van der Waals surface area contributed by atoms with E-state index in [2.05, 4.69) is 0 Å². The van der Waals surface area contributed by atoms with Gasteiger partial charge in [0, 0.05) is 13.1 Å². The van der Waals surface area contributed by atoms with Crippen LogP contribution in [-0.4, -0.2) is 40.9 Å². The maximum absolute atomic E-state index is 11.9. The highest BCUT2D eigenvalue weighted by Gasteiger charge is 2.45. The lowest BCUT2D eigenvalue weighted by Crippen LogP contribution is -2.37. The number of hydrogen-bond donors (Lipinski definition) is 2. The van der Waals surface area contributed by atoms with Crippen LogP contribution < -0.4 is 9.44 Å². The van der Waals surface area contributed by atoms with Gasteiger partial charge >= 0.3 is 31.1 Å². The van der Waals surface area contributed by atoms with Crippen LogP contribution in [0.2, 0.25) is 0 Å². The molecule has 0 fully saturated rings. The summed E-state index contributed by atoms with van der Waals surface area (Å²) in [6.45, 7) is -0.828. The van der Waals surface area contributed by atoms with E-state index in [4.69, 9.17) is 0 Å². The molecule has 0 aromatic carbocycles. The number of rotatable bonds is 10. The molecular formula is C9H16F6N2O4S2. The summed E-state index contributed by atoms with van der Waals surface area (Å²) in [6, 6.07) is 0. The van der Waals surface area contributed by atoms with Crippen LogP contribution in [0.4, 0.5) is 26.3 Å². The minimum atomic E-state index is -5.37. The molecule has 140 valence electrons. The van der Waals surface area contributed by atoms with Gasteiger partial charge in [-0.15, -0.1) is 0 Å². The van der Waals surface area contributed by atoms with Crippen LogP contribution in [0.3, 0.4) is 0 Å². The minimum Gasteiger partial charge on any atom is -0.207 e. The molecule has 0 aromatic rings. The number of halogens is 6. The predicted octanol–water partition coefficient (Wildman–Crippen LogP) is 1.82. The van der Waals surface area contributed by atoms with E-state index in [0.29, 0.717) is 19.3 Å². The highest BCUT2D eigenvalue weighted by Crippen LogP contribution is 2.22. The molecule has 23 heavy (non-hydrogen) atoms. The molecule has 6 nitrogen and oxygen atoms in total. The third kappa shape index (κ3) is 8.17. The Morgan fingerprint density at radius 2 is 0.826 bits per heavy atom. The first kappa shape index (κ1) is 22.4. The van der Waals surface area contributed by atoms with E-state index in [1.165, 1.54) is 9.44 Å². The van der Waals surface area contributed by atoms with Gasteiger partial charge in [-0.05, 0) is 12.8 Å². The fraction of sp³-hybridized carbons (Fsp3) is 1.00. The summed E-state index contributed by atoms with van der Waals surface area (Å²) in [7, 11) is -10.7. The molecule has 0 atom stereocenters. The van der Waals surface area contributed by atoms with E-state index >= 15 is 0 Å². The summed E-state index contributed by atoms with van der Waals surface area (Å²) >= 11 is 0. The second-order valence-corrected chi connectivity index (χ2v) is 7.97. The van der Waals surface area contributed by atoms with E-state index in [-0.39, 0.29) is 12.8 Å². The van der Waals surface area contributed by atoms with Gasteiger partial charge in [-0.2, -0.15) is 26.3 Å². The Morgan fingerprint density at radius 3 is 1.09 bits per heavy atom. The van der Waals surface area contributed by atoms with Crippen molar-refractivity contribution in [1.82, 2.24) is 9.44 Å². The van der Waals surface area contributed by atoms with Gasteiger partial charge < -0.3 is 0 Å². The molecule has 0 aliphatic heterocycles. The molecular weight excluding hydrogens is 378 g/mol. The topological polar surface area (TPSA) is 92.3 Å². The normalized spacial score (nSPS) is 14.2. The number of nitrogens with one attached hydrogen (secondary N) is 2. The lowest BCUT2D eigenvalue weighted by Gasteiger charge is -2.10. The molecule has 0 aromatic heterocycles. The Bertz CT molecular complexity index is 506. The first-order valence-corrected chi connectivity index (χ1v) is 9.29. The Kier molecular flexibility index (Phi) is 8.26. The quantitative estimate of drug-likeness (QED) is 0.437. The zero-order valence-corrected chi connectivity index (χ0v) is 13.3. The predicted molar refractivity (Wildman–Crippen MR) is 69.0 cm³/mol. The average Bonchev–Trinajstić information content (AvgIpc) is 2.33. The van der Waals surface area contributed by atoms with Crippen molar-refractivity contribution >= 4 is 20.0 Å². The van der Waals surface area contributed by atoms with Crippen molar-refractivity contribution < 1.29 is 43.2 Å². The lowest BCUT2D eigenvalue weighted by atomic mass is 10.1. The smallest absolute Gasteiger partial charge is 0.207 e. The van der Waals surface area contributed by atoms with Gasteiger partial charge in [0.2, 0.25) is 0 Å². The Morgan fingerprint density at radius 1 is 0.565 bits per heavy atom. The molecule has 2 N–H and O–H groups in total. The maximum atomic E-state index is 11.9. The van der Waals surface area contributed by atoms with Crippen molar-refractivity contribution in [2.75, 3.05) is 13.1 Å². The molecule has 0 spiro atoms. The molecule has 0 amide bonds. The molecule has 0 unspecified atom stereocenters. The van der Waals surface area contributed by atoms with Gasteiger partial charge in [0.15, 0.2) is 0 Å². The number of alkyl halides is 6. The monoisotopic (exact) mass is 394 g/mol. The molecule has 0 saturated heterocycles. The van der Waals surface area contributed by atoms with Crippen molar-refractivity contribution in [3.63, 3.8) is 0 Å². The third-order valence-electron chi connectivity index (χ3n) is 2.55. The molecule has 0 aliphatic rings. The summed E-state index contributed by atoms with van der Waals surface area (Å²) in [5.74, 6) is 0. The summed E-state index contributed by atoms with van der Waals surface area (Å²) in [4.78, 5) is 0. The molecule has 14 heteroatoms. The van der Waals surface area contributed by atoms with Crippen molar-refractivity contribution in [2.24, 2.45) is 0 Å². The number of unbranched alkanes of at least 4 members (excludes halogenated alkanes) is 4. The van der Waals surface area contributed by atoms with Gasteiger partial charge in [-0.1, -0.05) is 19.3 Å². The largest absolute Gasteiger partial charge is 0.511 e. The zero-order chi connectivity index (χ0) is 18.4. The van der Waals surface area contributed by atoms with Crippen LogP contribution in [0, 0.1) is 0 Å².